The van der Waals surface area contributed by atoms with E-state index in [1.807, 2.05) is 30.3 Å². The van der Waals surface area contributed by atoms with Gasteiger partial charge in [-0.2, -0.15) is 4.80 Å². The van der Waals surface area contributed by atoms with Gasteiger partial charge in [0, 0.05) is 11.8 Å². The minimum atomic E-state index is -0.313. The molecule has 1 amide bonds. The Hall–Kier alpha value is -2.80. The lowest BCUT2D eigenvalue weighted by Gasteiger charge is -2.05. The lowest BCUT2D eigenvalue weighted by molar-refractivity contribution is -0.117. The fraction of sp³-hybridized carbons (Fsp3) is 0.0714. The summed E-state index contributed by atoms with van der Waals surface area (Å²) in [6, 6.07) is 12.8. The van der Waals surface area contributed by atoms with Gasteiger partial charge in [-0.15, -0.1) is 10.2 Å². The molecule has 0 atom stereocenters. The van der Waals surface area contributed by atoms with Gasteiger partial charge < -0.3 is 5.32 Å². The molecule has 1 aromatic carbocycles. The number of rotatable bonds is 4. The van der Waals surface area contributed by atoms with E-state index in [-0.39, 0.29) is 17.6 Å². The summed E-state index contributed by atoms with van der Waals surface area (Å²) in [6.45, 7) is -0.0644. The highest BCUT2D eigenvalue weighted by molar-refractivity contribution is 6.32. The normalized spacial score (nSPS) is 10.4. The summed E-state index contributed by atoms with van der Waals surface area (Å²) in [5.74, 6) is 0.153. The number of aromatic nitrogens is 5. The van der Waals surface area contributed by atoms with Crippen LogP contribution in [0.3, 0.4) is 0 Å². The van der Waals surface area contributed by atoms with E-state index >= 15 is 0 Å². The van der Waals surface area contributed by atoms with Crippen LogP contribution in [0.5, 0.6) is 0 Å². The third-order valence-electron chi connectivity index (χ3n) is 2.80. The summed E-state index contributed by atoms with van der Waals surface area (Å²) in [4.78, 5) is 17.1. The van der Waals surface area contributed by atoms with Crippen LogP contribution < -0.4 is 5.32 Å². The number of pyridine rings is 1. The van der Waals surface area contributed by atoms with E-state index in [1.54, 1.807) is 18.3 Å². The molecule has 7 nitrogen and oxygen atoms in total. The summed E-state index contributed by atoms with van der Waals surface area (Å²) < 4.78 is 0. The number of amides is 1. The average Bonchev–Trinajstić information content (AvgIpc) is 2.99. The van der Waals surface area contributed by atoms with E-state index in [2.05, 4.69) is 25.7 Å². The number of nitrogens with zero attached hydrogens (tertiary/aromatic N) is 5. The quantitative estimate of drug-likeness (QED) is 0.745. The Morgan fingerprint density at radius 3 is 2.77 bits per heavy atom. The Morgan fingerprint density at radius 2 is 2.00 bits per heavy atom. The van der Waals surface area contributed by atoms with Crippen molar-refractivity contribution in [3.8, 4) is 11.4 Å². The largest absolute Gasteiger partial charge is 0.322 e. The molecule has 110 valence electrons. The second-order valence-electron chi connectivity index (χ2n) is 4.40. The van der Waals surface area contributed by atoms with Crippen molar-refractivity contribution in [3.05, 3.63) is 53.8 Å². The van der Waals surface area contributed by atoms with Crippen molar-refractivity contribution >= 4 is 23.2 Å². The van der Waals surface area contributed by atoms with E-state index < -0.39 is 0 Å². The second kappa shape index (κ2) is 6.31. The van der Waals surface area contributed by atoms with Crippen LogP contribution in [-0.4, -0.2) is 31.1 Å². The zero-order valence-electron chi connectivity index (χ0n) is 11.3. The standard InChI is InChI=1S/C14H11ClN6O/c15-13-11(7-4-8-16-13)17-12(22)9-21-19-14(18-20-21)10-5-2-1-3-6-10/h1-8H,9H2,(H,17,22). The smallest absolute Gasteiger partial charge is 0.248 e. The van der Waals surface area contributed by atoms with Gasteiger partial charge in [-0.25, -0.2) is 4.98 Å². The molecular formula is C14H11ClN6O. The molecule has 0 aliphatic carbocycles. The van der Waals surface area contributed by atoms with Gasteiger partial charge in [0.25, 0.3) is 0 Å². The first kappa shape index (κ1) is 14.2. The molecule has 0 unspecified atom stereocenters. The fourth-order valence-corrected chi connectivity index (χ4v) is 1.98. The second-order valence-corrected chi connectivity index (χ2v) is 4.76. The van der Waals surface area contributed by atoms with Crippen molar-refractivity contribution in [1.82, 2.24) is 25.2 Å². The van der Waals surface area contributed by atoms with E-state index in [1.165, 1.54) is 4.80 Å². The lowest BCUT2D eigenvalue weighted by Crippen LogP contribution is -2.20. The van der Waals surface area contributed by atoms with Crippen molar-refractivity contribution in [1.29, 1.82) is 0 Å². The summed E-state index contributed by atoms with van der Waals surface area (Å²) >= 11 is 5.88. The minimum Gasteiger partial charge on any atom is -0.322 e. The molecule has 8 heteroatoms. The Bertz CT molecular complexity index is 789. The first-order chi connectivity index (χ1) is 10.7. The molecule has 3 aromatic rings. The molecule has 0 radical (unpaired) electrons. The summed E-state index contributed by atoms with van der Waals surface area (Å²) in [6.07, 6.45) is 1.54. The first-order valence-corrected chi connectivity index (χ1v) is 6.84. The van der Waals surface area contributed by atoms with Crippen LogP contribution in [0, 0.1) is 0 Å². The van der Waals surface area contributed by atoms with Crippen LogP contribution in [-0.2, 0) is 11.3 Å². The van der Waals surface area contributed by atoms with E-state index in [0.717, 1.165) is 5.56 Å². The Balaban J connectivity index is 1.68. The number of halogens is 1. The molecule has 0 saturated carbocycles. The van der Waals surface area contributed by atoms with Crippen molar-refractivity contribution in [3.63, 3.8) is 0 Å². The number of nitrogens with one attached hydrogen (secondary N) is 1. The molecule has 0 aliphatic rings. The summed E-state index contributed by atoms with van der Waals surface area (Å²) in [7, 11) is 0. The minimum absolute atomic E-state index is 0.0644. The molecule has 1 N–H and O–H groups in total. The fourth-order valence-electron chi connectivity index (χ4n) is 1.81. The number of carbonyl (C=O) groups is 1. The van der Waals surface area contributed by atoms with Crippen molar-refractivity contribution in [2.24, 2.45) is 0 Å². The first-order valence-electron chi connectivity index (χ1n) is 6.46. The maximum atomic E-state index is 12.0. The van der Waals surface area contributed by atoms with Crippen LogP contribution in [0.15, 0.2) is 48.7 Å². The zero-order valence-corrected chi connectivity index (χ0v) is 12.1. The SMILES string of the molecule is O=C(Cn1nnc(-c2ccccc2)n1)Nc1cccnc1Cl. The predicted octanol–water partition coefficient (Wildman–Crippen LogP) is 2.03. The van der Waals surface area contributed by atoms with E-state index in [9.17, 15) is 4.79 Å². The third kappa shape index (κ3) is 3.26. The number of hydrogen-bond donors (Lipinski definition) is 1. The van der Waals surface area contributed by atoms with Crippen LogP contribution in [0.2, 0.25) is 5.15 Å². The average molecular weight is 315 g/mol. The molecule has 22 heavy (non-hydrogen) atoms. The molecule has 0 spiro atoms. The molecule has 2 heterocycles. The summed E-state index contributed by atoms with van der Waals surface area (Å²) in [5.41, 5.74) is 1.28. The molecule has 3 rings (SSSR count). The zero-order chi connectivity index (χ0) is 15.4. The van der Waals surface area contributed by atoms with E-state index in [0.29, 0.717) is 11.5 Å². The van der Waals surface area contributed by atoms with Gasteiger partial charge in [-0.3, -0.25) is 4.79 Å². The Labute approximate surface area is 130 Å². The highest BCUT2D eigenvalue weighted by Gasteiger charge is 2.10. The molecule has 0 fully saturated rings. The van der Waals surface area contributed by atoms with Gasteiger partial charge in [0.05, 0.1) is 5.69 Å². The van der Waals surface area contributed by atoms with E-state index in [4.69, 9.17) is 11.6 Å². The van der Waals surface area contributed by atoms with Crippen molar-refractivity contribution in [2.45, 2.75) is 6.54 Å². The Morgan fingerprint density at radius 1 is 1.18 bits per heavy atom. The van der Waals surface area contributed by atoms with Gasteiger partial charge in [-0.05, 0) is 17.3 Å². The molecular weight excluding hydrogens is 304 g/mol. The van der Waals surface area contributed by atoms with Crippen LogP contribution >= 0.6 is 11.6 Å². The highest BCUT2D eigenvalue weighted by atomic mass is 35.5. The molecule has 0 bridgehead atoms. The maximum Gasteiger partial charge on any atom is 0.248 e. The number of tetrazole rings is 1. The van der Waals surface area contributed by atoms with Gasteiger partial charge in [-0.1, -0.05) is 41.9 Å². The number of carbonyl (C=O) groups excluding carboxylic acids is 1. The highest BCUT2D eigenvalue weighted by Crippen LogP contribution is 2.17. The predicted molar refractivity (Wildman–Crippen MR) is 81.1 cm³/mol. The van der Waals surface area contributed by atoms with Gasteiger partial charge in [0.15, 0.2) is 5.15 Å². The Kier molecular flexibility index (Phi) is 4.06. The van der Waals surface area contributed by atoms with Gasteiger partial charge in [0.1, 0.15) is 6.54 Å². The summed E-state index contributed by atoms with van der Waals surface area (Å²) in [5, 5.41) is 14.8. The molecule has 0 saturated heterocycles. The number of hydrogen-bond acceptors (Lipinski definition) is 5. The maximum absolute atomic E-state index is 12.0. The van der Waals surface area contributed by atoms with Crippen molar-refractivity contribution < 1.29 is 4.79 Å². The third-order valence-corrected chi connectivity index (χ3v) is 3.10. The topological polar surface area (TPSA) is 85.6 Å². The van der Waals surface area contributed by atoms with Crippen LogP contribution in [0.1, 0.15) is 0 Å². The van der Waals surface area contributed by atoms with Gasteiger partial charge in [0.2, 0.25) is 11.7 Å². The van der Waals surface area contributed by atoms with Crippen LogP contribution in [0.25, 0.3) is 11.4 Å². The van der Waals surface area contributed by atoms with Crippen LogP contribution in [0.4, 0.5) is 5.69 Å². The molecule has 2 aromatic heterocycles. The lowest BCUT2D eigenvalue weighted by atomic mass is 10.2. The monoisotopic (exact) mass is 314 g/mol. The number of benzene rings is 1. The number of anilines is 1. The van der Waals surface area contributed by atoms with Gasteiger partial charge >= 0.3 is 0 Å². The van der Waals surface area contributed by atoms with Crippen molar-refractivity contribution in [2.75, 3.05) is 5.32 Å². The molecule has 0 aliphatic heterocycles.